The number of unbranched alkanes of at least 4 members (excludes halogenated alkanes) is 4. The molecule has 4 atom stereocenters. The van der Waals surface area contributed by atoms with Crippen molar-refractivity contribution in [3.63, 3.8) is 0 Å². The first-order valence-electron chi connectivity index (χ1n) is 22.9. The van der Waals surface area contributed by atoms with Crippen molar-refractivity contribution < 1.29 is 19.5 Å². The lowest BCUT2D eigenvalue weighted by Gasteiger charge is -2.31. The van der Waals surface area contributed by atoms with E-state index in [1.165, 1.54) is 0 Å². The molecular formula is C50H74N4O4. The van der Waals surface area contributed by atoms with Crippen LogP contribution < -0.4 is 10.2 Å². The second-order valence-corrected chi connectivity index (χ2v) is 18.6. The summed E-state index contributed by atoms with van der Waals surface area (Å²) in [5, 5.41) is 15.5. The van der Waals surface area contributed by atoms with Crippen LogP contribution in [0.4, 0.5) is 11.4 Å². The topological polar surface area (TPSA) is 102 Å². The van der Waals surface area contributed by atoms with Crippen LogP contribution in [0, 0.1) is 17.3 Å². The highest BCUT2D eigenvalue weighted by Crippen LogP contribution is 2.53. The molecule has 2 aliphatic carbocycles. The maximum absolute atomic E-state index is 14.9. The molecule has 1 aromatic rings. The Hall–Kier alpha value is -3.94. The monoisotopic (exact) mass is 795 g/mol. The maximum Gasteiger partial charge on any atom is 0.249 e. The van der Waals surface area contributed by atoms with Gasteiger partial charge in [-0.05, 0) is 87.8 Å². The molecule has 0 spiro atoms. The van der Waals surface area contributed by atoms with Gasteiger partial charge in [0, 0.05) is 70.4 Å². The number of amides is 2. The number of benzene rings is 1. The molecule has 8 heteroatoms. The molecule has 2 aliphatic heterocycles. The first-order valence-corrected chi connectivity index (χ1v) is 22.9. The van der Waals surface area contributed by atoms with Gasteiger partial charge >= 0.3 is 0 Å². The van der Waals surface area contributed by atoms with Crippen molar-refractivity contribution in [3.8, 4) is 0 Å². The zero-order valence-corrected chi connectivity index (χ0v) is 38.0. The molecule has 2 heterocycles. The van der Waals surface area contributed by atoms with Gasteiger partial charge in [-0.2, -0.15) is 0 Å². The minimum atomic E-state index is -0.300. The number of nitrogens with zero attached hydrogens (tertiary/aromatic N) is 3. The number of aliphatic imine (C=N–C) groups is 1. The van der Waals surface area contributed by atoms with E-state index in [0.717, 1.165) is 106 Å². The minimum absolute atomic E-state index is 0.0608. The molecule has 1 fully saturated rings. The van der Waals surface area contributed by atoms with E-state index in [2.05, 4.69) is 84.4 Å². The number of aliphatic hydroxyl groups is 1. The number of rotatable bonds is 18. The predicted octanol–water partition coefficient (Wildman–Crippen LogP) is 11.8. The Kier molecular flexibility index (Phi) is 14.4. The van der Waals surface area contributed by atoms with Crippen molar-refractivity contribution in [2.75, 3.05) is 23.3 Å². The van der Waals surface area contributed by atoms with Gasteiger partial charge in [0.15, 0.2) is 0 Å². The number of fused-ring (bicyclic) bond motifs is 2. The van der Waals surface area contributed by atoms with Crippen molar-refractivity contribution in [2.45, 2.75) is 178 Å². The fraction of sp³-hybridized carbons (Fsp3) is 0.640. The van der Waals surface area contributed by atoms with Crippen molar-refractivity contribution in [1.29, 1.82) is 0 Å². The van der Waals surface area contributed by atoms with E-state index < -0.39 is 0 Å². The van der Waals surface area contributed by atoms with Crippen molar-refractivity contribution in [1.82, 2.24) is 4.90 Å². The number of allylic oxidation sites excluding steroid dienone is 6. The van der Waals surface area contributed by atoms with E-state index in [0.29, 0.717) is 29.0 Å². The summed E-state index contributed by atoms with van der Waals surface area (Å²) < 4.78 is 0. The number of nitrogens with one attached hydrogen (secondary N) is 1. The van der Waals surface area contributed by atoms with Crippen molar-refractivity contribution in [3.05, 3.63) is 63.6 Å². The Bertz CT molecular complexity index is 1910. The highest BCUT2D eigenvalue weighted by Gasteiger charge is 2.49. The Morgan fingerprint density at radius 3 is 1.91 bits per heavy atom. The standard InChI is InChI=1S/C50H74N4O4/c1-13-19-23-33(17-5)47(57)51-39-29-41-37(49(9,10)31(7)53(41)25-21-15-3)27-35(39)43-45(55)44(46(43)56)36-28-38-42(54(26-22-16-4)32(8)50(38,11)12)30-40(36)52-48(58)34(18-6)24-20-14-2/h27-34,55H,13-26H2,1-12H3,(H,51,57)/b44-36-,52-40?. The SMILES string of the molecule is CCCCC(CC)C(=O)N=C1C=C2C(=C/C1=C1/C(=O)C(c3cc4c(cc3NC(=O)C(CC)CCCC)N(CCCC)C(C)C4(C)C)=C1O)C(C)(C)C(C)N2CCCC. The van der Waals surface area contributed by atoms with Crippen molar-refractivity contribution in [2.24, 2.45) is 22.2 Å². The van der Waals surface area contributed by atoms with Crippen LogP contribution in [-0.4, -0.2) is 58.5 Å². The molecule has 4 aliphatic rings. The Morgan fingerprint density at radius 1 is 0.776 bits per heavy atom. The number of anilines is 2. The average Bonchev–Trinajstić information content (AvgIpc) is 3.49. The third-order valence-electron chi connectivity index (χ3n) is 14.3. The second-order valence-electron chi connectivity index (χ2n) is 18.6. The van der Waals surface area contributed by atoms with Gasteiger partial charge in [-0.15, -0.1) is 0 Å². The average molecular weight is 795 g/mol. The molecule has 1 aromatic carbocycles. The molecule has 0 saturated carbocycles. The van der Waals surface area contributed by atoms with E-state index in [9.17, 15) is 19.5 Å². The zero-order valence-electron chi connectivity index (χ0n) is 38.0. The smallest absolute Gasteiger partial charge is 0.249 e. The quantitative estimate of drug-likeness (QED) is 0.144. The summed E-state index contributed by atoms with van der Waals surface area (Å²) in [5.41, 5.74) is 6.22. The molecule has 5 rings (SSSR count). The zero-order chi connectivity index (χ0) is 42.7. The molecule has 1 saturated heterocycles. The number of hydrogen-bond acceptors (Lipinski definition) is 6. The van der Waals surface area contributed by atoms with Gasteiger partial charge in [0.2, 0.25) is 17.6 Å². The van der Waals surface area contributed by atoms with E-state index in [-0.39, 0.29) is 69.3 Å². The van der Waals surface area contributed by atoms with Gasteiger partial charge in [-0.3, -0.25) is 14.4 Å². The van der Waals surface area contributed by atoms with E-state index >= 15 is 0 Å². The van der Waals surface area contributed by atoms with Crippen LogP contribution in [0.5, 0.6) is 0 Å². The van der Waals surface area contributed by atoms with Gasteiger partial charge in [0.05, 0.1) is 22.5 Å². The lowest BCUT2D eigenvalue weighted by Crippen LogP contribution is -2.39. The van der Waals surface area contributed by atoms with Crippen LogP contribution >= 0.6 is 0 Å². The van der Waals surface area contributed by atoms with E-state index in [1.54, 1.807) is 0 Å². The fourth-order valence-electron chi connectivity index (χ4n) is 9.48. The molecule has 318 valence electrons. The summed E-state index contributed by atoms with van der Waals surface area (Å²) in [7, 11) is 0. The maximum atomic E-state index is 14.9. The Labute approximate surface area is 350 Å². The summed E-state index contributed by atoms with van der Waals surface area (Å²) in [6.45, 7) is 27.9. The summed E-state index contributed by atoms with van der Waals surface area (Å²) in [5.74, 6) is -1.02. The van der Waals surface area contributed by atoms with Crippen LogP contribution in [-0.2, 0) is 19.8 Å². The normalized spacial score (nSPS) is 23.7. The summed E-state index contributed by atoms with van der Waals surface area (Å²) in [6.07, 6.45) is 15.1. The lowest BCUT2D eigenvalue weighted by atomic mass is 9.73. The third kappa shape index (κ3) is 8.28. The van der Waals surface area contributed by atoms with Gasteiger partial charge in [0.25, 0.3) is 0 Å². The summed E-state index contributed by atoms with van der Waals surface area (Å²) in [4.78, 5) is 52.4. The molecule has 0 aromatic heterocycles. The largest absolute Gasteiger partial charge is 0.506 e. The van der Waals surface area contributed by atoms with Crippen LogP contribution in [0.2, 0.25) is 0 Å². The molecule has 58 heavy (non-hydrogen) atoms. The predicted molar refractivity (Wildman–Crippen MR) is 241 cm³/mol. The molecule has 8 nitrogen and oxygen atoms in total. The summed E-state index contributed by atoms with van der Waals surface area (Å²) in [6, 6.07) is 4.48. The van der Waals surface area contributed by atoms with E-state index in [4.69, 9.17) is 4.99 Å². The molecule has 2 N–H and O–H groups in total. The summed E-state index contributed by atoms with van der Waals surface area (Å²) >= 11 is 0. The number of hydrogen-bond donors (Lipinski definition) is 2. The molecule has 4 unspecified atom stereocenters. The number of likely N-dealkylation sites (tertiary alicyclic amines) is 1. The lowest BCUT2D eigenvalue weighted by molar-refractivity contribution is -0.122. The first kappa shape index (κ1) is 45.1. The number of carbonyl (C=O) groups excluding carboxylic acids is 3. The number of carbonyl (C=O) groups is 3. The van der Waals surface area contributed by atoms with Crippen LogP contribution in [0.15, 0.2) is 57.5 Å². The van der Waals surface area contributed by atoms with Crippen LogP contribution in [0.1, 0.15) is 171 Å². The molecule has 0 radical (unpaired) electrons. The van der Waals surface area contributed by atoms with Gasteiger partial charge in [-0.1, -0.05) is 108 Å². The van der Waals surface area contributed by atoms with Gasteiger partial charge in [0.1, 0.15) is 5.76 Å². The molecule has 0 bridgehead atoms. The Balaban J connectivity index is 1.73. The second kappa shape index (κ2) is 18.5. The molecule has 2 amide bonds. The number of aliphatic hydroxyl groups excluding tert-OH is 1. The Morgan fingerprint density at radius 2 is 1.34 bits per heavy atom. The minimum Gasteiger partial charge on any atom is -0.506 e. The van der Waals surface area contributed by atoms with Crippen molar-refractivity contribution >= 4 is 40.3 Å². The number of ketones is 1. The molecular weight excluding hydrogens is 721 g/mol. The highest BCUT2D eigenvalue weighted by molar-refractivity contribution is 6.42. The van der Waals surface area contributed by atoms with Gasteiger partial charge < -0.3 is 20.2 Å². The fourth-order valence-corrected chi connectivity index (χ4v) is 9.48. The van der Waals surface area contributed by atoms with Crippen LogP contribution in [0.25, 0.3) is 5.57 Å². The first-order chi connectivity index (χ1) is 27.5. The highest BCUT2D eigenvalue weighted by atomic mass is 16.3. The number of Topliss-reactive ketones (excluding diaryl/α,β-unsaturated/α-hetero) is 1. The van der Waals surface area contributed by atoms with Crippen LogP contribution in [0.3, 0.4) is 0 Å². The van der Waals surface area contributed by atoms with Gasteiger partial charge in [-0.25, -0.2) is 4.99 Å². The third-order valence-corrected chi connectivity index (χ3v) is 14.3. The van der Waals surface area contributed by atoms with E-state index in [1.807, 2.05) is 38.1 Å².